The topological polar surface area (TPSA) is 51.3 Å². The second kappa shape index (κ2) is 5.18. The van der Waals surface area contributed by atoms with E-state index >= 15 is 0 Å². The number of rotatable bonds is 3. The van der Waals surface area contributed by atoms with Gasteiger partial charge in [0.15, 0.2) is 0 Å². The number of hydrogen-bond acceptors (Lipinski definition) is 2. The number of nitrogen functional groups attached to an aromatic ring is 1. The fraction of sp³-hybridized carbons (Fsp3) is 0.267. The van der Waals surface area contributed by atoms with Crippen LogP contribution in [-0.2, 0) is 7.05 Å². The molecule has 0 saturated heterocycles. The van der Waals surface area contributed by atoms with Crippen molar-refractivity contribution < 1.29 is 4.79 Å². The minimum atomic E-state index is -0.0319. The molecule has 19 heavy (non-hydrogen) atoms. The zero-order valence-corrected chi connectivity index (χ0v) is 11.5. The molecule has 0 aliphatic heterocycles. The zero-order valence-electron chi connectivity index (χ0n) is 11.5. The minimum Gasteiger partial charge on any atom is -0.397 e. The molecule has 0 spiro atoms. The molecule has 1 aromatic carbocycles. The van der Waals surface area contributed by atoms with Gasteiger partial charge in [0.05, 0.1) is 11.7 Å². The molecule has 1 amide bonds. The van der Waals surface area contributed by atoms with Crippen LogP contribution in [-0.4, -0.2) is 22.4 Å². The Morgan fingerprint density at radius 2 is 1.95 bits per heavy atom. The lowest BCUT2D eigenvalue weighted by Gasteiger charge is -2.25. The first-order chi connectivity index (χ1) is 9.00. The highest BCUT2D eigenvalue weighted by atomic mass is 16.2. The van der Waals surface area contributed by atoms with Gasteiger partial charge in [0.25, 0.3) is 5.91 Å². The predicted octanol–water partition coefficient (Wildman–Crippen LogP) is 2.44. The molecular formula is C15H19N3O. The zero-order chi connectivity index (χ0) is 14.0. The van der Waals surface area contributed by atoms with Gasteiger partial charge in [-0.15, -0.1) is 0 Å². The summed E-state index contributed by atoms with van der Waals surface area (Å²) < 4.78 is 1.76. The van der Waals surface area contributed by atoms with Gasteiger partial charge in [-0.25, -0.2) is 0 Å². The normalized spacial score (nSPS) is 12.2. The van der Waals surface area contributed by atoms with Gasteiger partial charge in [0, 0.05) is 20.3 Å². The van der Waals surface area contributed by atoms with E-state index in [1.807, 2.05) is 51.4 Å². The molecular weight excluding hydrogens is 238 g/mol. The highest BCUT2D eigenvalue weighted by Crippen LogP contribution is 2.21. The van der Waals surface area contributed by atoms with Crippen LogP contribution in [0, 0.1) is 0 Å². The van der Waals surface area contributed by atoms with Gasteiger partial charge < -0.3 is 15.2 Å². The summed E-state index contributed by atoms with van der Waals surface area (Å²) in [5.41, 5.74) is 8.03. The van der Waals surface area contributed by atoms with E-state index in [1.54, 1.807) is 21.7 Å². The van der Waals surface area contributed by atoms with Crippen LogP contribution in [0.4, 0.5) is 5.69 Å². The summed E-state index contributed by atoms with van der Waals surface area (Å²) in [6.07, 6.45) is 1.74. The lowest BCUT2D eigenvalue weighted by molar-refractivity contribution is 0.0733. The minimum absolute atomic E-state index is 0.0184. The molecule has 2 N–H and O–H groups in total. The second-order valence-electron chi connectivity index (χ2n) is 4.77. The summed E-state index contributed by atoms with van der Waals surface area (Å²) >= 11 is 0. The van der Waals surface area contributed by atoms with Gasteiger partial charge in [0.1, 0.15) is 5.69 Å². The Morgan fingerprint density at radius 1 is 1.32 bits per heavy atom. The van der Waals surface area contributed by atoms with Crippen LogP contribution in [0.1, 0.15) is 29.0 Å². The highest BCUT2D eigenvalue weighted by molar-refractivity contribution is 5.93. The van der Waals surface area contributed by atoms with Crippen LogP contribution in [0.2, 0.25) is 0 Å². The average Bonchev–Trinajstić information content (AvgIpc) is 2.76. The Hall–Kier alpha value is -2.23. The number of carbonyl (C=O) groups excluding carboxylic acids is 1. The third-order valence-electron chi connectivity index (χ3n) is 3.43. The van der Waals surface area contributed by atoms with Crippen molar-refractivity contribution in [3.05, 3.63) is 53.9 Å². The molecule has 0 aliphatic rings. The third kappa shape index (κ3) is 2.62. The number of amides is 1. The molecule has 1 heterocycles. The summed E-state index contributed by atoms with van der Waals surface area (Å²) in [7, 11) is 3.63. The van der Waals surface area contributed by atoms with Crippen molar-refractivity contribution >= 4 is 11.6 Å². The molecule has 0 saturated carbocycles. The van der Waals surface area contributed by atoms with E-state index < -0.39 is 0 Å². The number of nitrogens with two attached hydrogens (primary N) is 1. The maximum atomic E-state index is 12.4. The summed E-state index contributed by atoms with van der Waals surface area (Å²) in [4.78, 5) is 14.2. The molecule has 4 nitrogen and oxygen atoms in total. The molecule has 2 rings (SSSR count). The first-order valence-corrected chi connectivity index (χ1v) is 6.24. The van der Waals surface area contributed by atoms with Crippen molar-refractivity contribution in [3.8, 4) is 0 Å². The molecule has 0 aliphatic carbocycles. The monoisotopic (exact) mass is 257 g/mol. The second-order valence-corrected chi connectivity index (χ2v) is 4.77. The van der Waals surface area contributed by atoms with Crippen molar-refractivity contribution in [3.63, 3.8) is 0 Å². The summed E-state index contributed by atoms with van der Waals surface area (Å²) in [6, 6.07) is 11.7. The van der Waals surface area contributed by atoms with E-state index in [2.05, 4.69) is 0 Å². The third-order valence-corrected chi connectivity index (χ3v) is 3.43. The SMILES string of the molecule is CC(c1ccccc1)N(C)C(=O)c1cc(N)cn1C. The molecule has 1 aromatic heterocycles. The number of anilines is 1. The highest BCUT2D eigenvalue weighted by Gasteiger charge is 2.21. The van der Waals surface area contributed by atoms with Crippen molar-refractivity contribution in [2.45, 2.75) is 13.0 Å². The number of benzene rings is 1. The summed E-state index contributed by atoms with van der Waals surface area (Å²) in [5.74, 6) is -0.0319. The largest absolute Gasteiger partial charge is 0.397 e. The van der Waals surface area contributed by atoms with Crippen LogP contribution in [0.15, 0.2) is 42.6 Å². The van der Waals surface area contributed by atoms with Crippen LogP contribution in [0.3, 0.4) is 0 Å². The number of carbonyl (C=O) groups is 1. The summed E-state index contributed by atoms with van der Waals surface area (Å²) in [6.45, 7) is 2.01. The molecule has 0 bridgehead atoms. The van der Waals surface area contributed by atoms with E-state index in [0.717, 1.165) is 5.56 Å². The molecule has 1 atom stereocenters. The van der Waals surface area contributed by atoms with E-state index in [0.29, 0.717) is 11.4 Å². The van der Waals surface area contributed by atoms with Crippen molar-refractivity contribution in [1.82, 2.24) is 9.47 Å². The maximum absolute atomic E-state index is 12.4. The fourth-order valence-electron chi connectivity index (χ4n) is 2.11. The van der Waals surface area contributed by atoms with Crippen LogP contribution >= 0.6 is 0 Å². The quantitative estimate of drug-likeness (QED) is 0.918. The number of aryl methyl sites for hydroxylation is 1. The maximum Gasteiger partial charge on any atom is 0.270 e. The molecule has 1 unspecified atom stereocenters. The van der Waals surface area contributed by atoms with Gasteiger partial charge in [-0.1, -0.05) is 30.3 Å². The Kier molecular flexibility index (Phi) is 3.60. The molecule has 2 aromatic rings. The molecule has 0 fully saturated rings. The van der Waals surface area contributed by atoms with E-state index in [4.69, 9.17) is 5.73 Å². The standard InChI is InChI=1S/C15H19N3O/c1-11(12-7-5-4-6-8-12)18(3)15(19)14-9-13(16)10-17(14)2/h4-11H,16H2,1-3H3. The molecule has 100 valence electrons. The Labute approximate surface area is 113 Å². The first-order valence-electron chi connectivity index (χ1n) is 6.24. The number of nitrogens with zero attached hydrogens (tertiary/aromatic N) is 2. The number of hydrogen-bond donors (Lipinski definition) is 1. The van der Waals surface area contributed by atoms with Gasteiger partial charge in [-0.2, -0.15) is 0 Å². The van der Waals surface area contributed by atoms with Gasteiger partial charge in [0.2, 0.25) is 0 Å². The van der Waals surface area contributed by atoms with Gasteiger partial charge in [-0.05, 0) is 18.6 Å². The smallest absolute Gasteiger partial charge is 0.270 e. The van der Waals surface area contributed by atoms with E-state index in [9.17, 15) is 4.79 Å². The predicted molar refractivity (Wildman–Crippen MR) is 76.8 cm³/mol. The molecule has 0 radical (unpaired) electrons. The van der Waals surface area contributed by atoms with E-state index in [-0.39, 0.29) is 11.9 Å². The van der Waals surface area contributed by atoms with Crippen LogP contribution < -0.4 is 5.73 Å². The van der Waals surface area contributed by atoms with Crippen molar-refractivity contribution in [2.75, 3.05) is 12.8 Å². The molecule has 4 heteroatoms. The van der Waals surface area contributed by atoms with Crippen LogP contribution in [0.25, 0.3) is 0 Å². The van der Waals surface area contributed by atoms with Crippen molar-refractivity contribution in [1.29, 1.82) is 0 Å². The Balaban J connectivity index is 2.22. The number of aromatic nitrogens is 1. The first kappa shape index (κ1) is 13.2. The lowest BCUT2D eigenvalue weighted by atomic mass is 10.1. The fourth-order valence-corrected chi connectivity index (χ4v) is 2.11. The Morgan fingerprint density at radius 3 is 2.47 bits per heavy atom. The van der Waals surface area contributed by atoms with E-state index in [1.165, 1.54) is 0 Å². The average molecular weight is 257 g/mol. The lowest BCUT2D eigenvalue weighted by Crippen LogP contribution is -2.30. The van der Waals surface area contributed by atoms with Gasteiger partial charge in [-0.3, -0.25) is 4.79 Å². The Bertz CT molecular complexity index is 574. The van der Waals surface area contributed by atoms with Crippen LogP contribution in [0.5, 0.6) is 0 Å². The van der Waals surface area contributed by atoms with Gasteiger partial charge >= 0.3 is 0 Å². The van der Waals surface area contributed by atoms with Crippen molar-refractivity contribution in [2.24, 2.45) is 7.05 Å². The summed E-state index contributed by atoms with van der Waals surface area (Å²) in [5, 5.41) is 0.